The predicted molar refractivity (Wildman–Crippen MR) is 64.6 cm³/mol. The second kappa shape index (κ2) is 5.74. The fourth-order valence-corrected chi connectivity index (χ4v) is 1.67. The van der Waals surface area contributed by atoms with Crippen molar-refractivity contribution in [1.82, 2.24) is 15.6 Å². The van der Waals surface area contributed by atoms with E-state index in [1.54, 1.807) is 6.07 Å². The Bertz CT molecular complexity index is 513. The van der Waals surface area contributed by atoms with Crippen molar-refractivity contribution >= 4 is 22.4 Å². The van der Waals surface area contributed by atoms with Crippen molar-refractivity contribution in [2.75, 3.05) is 25.5 Å². The molecule has 2 rings (SSSR count). The molecule has 98 valence electrons. The van der Waals surface area contributed by atoms with Gasteiger partial charge < -0.3 is 15.8 Å². The third-order valence-corrected chi connectivity index (χ3v) is 2.56. The maximum atomic E-state index is 11.0. The van der Waals surface area contributed by atoms with Crippen LogP contribution in [0.15, 0.2) is 16.8 Å². The highest BCUT2D eigenvalue weighted by molar-refractivity contribution is 5.93. The Morgan fingerprint density at radius 2 is 2.11 bits per heavy atom. The lowest BCUT2D eigenvalue weighted by Gasteiger charge is -2.12. The van der Waals surface area contributed by atoms with Gasteiger partial charge in [0, 0.05) is 12.6 Å². The number of aromatic nitrogens is 2. The van der Waals surface area contributed by atoms with Gasteiger partial charge in [0.2, 0.25) is 5.52 Å². The Balaban J connectivity index is 2.19. The highest BCUT2D eigenvalue weighted by Crippen LogP contribution is 2.24. The zero-order valence-electron chi connectivity index (χ0n) is 9.93. The molecule has 0 aliphatic rings. The SMILES string of the molecule is CNCCCNc1ccc([NH+]([O-])O)c2nonc12. The Morgan fingerprint density at radius 3 is 2.83 bits per heavy atom. The maximum absolute atomic E-state index is 11.0. The lowest BCUT2D eigenvalue weighted by Crippen LogP contribution is -2.99. The maximum Gasteiger partial charge on any atom is 0.201 e. The standard InChI is InChI=1S/C10H15N5O3/c1-11-5-2-6-12-7-3-4-8(15(16)17)10-9(7)13-18-14-10/h3-4,11-12,15-16H,2,5-6H2,1H3. The third-order valence-electron chi connectivity index (χ3n) is 2.56. The molecule has 1 atom stereocenters. The molecular formula is C10H15N5O3. The average molecular weight is 253 g/mol. The third kappa shape index (κ3) is 2.57. The van der Waals surface area contributed by atoms with E-state index >= 15 is 0 Å². The number of fused-ring (bicyclic) bond motifs is 1. The highest BCUT2D eigenvalue weighted by Gasteiger charge is 2.15. The lowest BCUT2D eigenvalue weighted by atomic mass is 10.2. The number of anilines is 1. The Labute approximate surface area is 103 Å². The number of nitrogens with one attached hydrogen (secondary N) is 3. The van der Waals surface area contributed by atoms with E-state index < -0.39 is 5.23 Å². The van der Waals surface area contributed by atoms with Gasteiger partial charge in [-0.25, -0.2) is 9.84 Å². The Kier molecular flexibility index (Phi) is 4.05. The number of benzene rings is 1. The highest BCUT2D eigenvalue weighted by atomic mass is 16.8. The van der Waals surface area contributed by atoms with Crippen LogP contribution in [0.1, 0.15) is 6.42 Å². The molecule has 1 aromatic carbocycles. The van der Waals surface area contributed by atoms with E-state index in [2.05, 4.69) is 25.6 Å². The van der Waals surface area contributed by atoms with Gasteiger partial charge in [0.05, 0.1) is 5.69 Å². The lowest BCUT2D eigenvalue weighted by molar-refractivity contribution is -0.990. The summed E-state index contributed by atoms with van der Waals surface area (Å²) in [5, 5.41) is 32.5. The second-order valence-electron chi connectivity index (χ2n) is 3.81. The molecule has 0 aliphatic carbocycles. The number of hydrogen-bond donors (Lipinski definition) is 4. The van der Waals surface area contributed by atoms with Gasteiger partial charge in [-0.05, 0) is 36.4 Å². The summed E-state index contributed by atoms with van der Waals surface area (Å²) in [5.41, 5.74) is 1.53. The molecule has 8 nitrogen and oxygen atoms in total. The van der Waals surface area contributed by atoms with Crippen molar-refractivity contribution in [3.05, 3.63) is 17.3 Å². The van der Waals surface area contributed by atoms with Gasteiger partial charge in [-0.15, -0.1) is 0 Å². The van der Waals surface area contributed by atoms with Crippen molar-refractivity contribution in [3.63, 3.8) is 0 Å². The molecule has 0 aliphatic heterocycles. The summed E-state index contributed by atoms with van der Waals surface area (Å²) in [6.45, 7) is 1.66. The van der Waals surface area contributed by atoms with Crippen LogP contribution in [0, 0.1) is 5.21 Å². The molecule has 0 bridgehead atoms. The molecule has 0 saturated carbocycles. The average Bonchev–Trinajstić information content (AvgIpc) is 2.83. The monoisotopic (exact) mass is 253 g/mol. The topological polar surface area (TPSA) is 111 Å². The van der Waals surface area contributed by atoms with E-state index in [4.69, 9.17) is 5.21 Å². The van der Waals surface area contributed by atoms with Gasteiger partial charge in [0.1, 0.15) is 0 Å². The van der Waals surface area contributed by atoms with Crippen LogP contribution < -0.4 is 15.9 Å². The van der Waals surface area contributed by atoms with Gasteiger partial charge in [0.25, 0.3) is 0 Å². The van der Waals surface area contributed by atoms with E-state index in [1.807, 2.05) is 7.05 Å². The molecule has 0 radical (unpaired) electrons. The van der Waals surface area contributed by atoms with Crippen LogP contribution >= 0.6 is 0 Å². The van der Waals surface area contributed by atoms with Crippen LogP contribution in [-0.4, -0.2) is 35.7 Å². The zero-order chi connectivity index (χ0) is 13.0. The minimum Gasteiger partial charge on any atom is -0.595 e. The van der Waals surface area contributed by atoms with Crippen LogP contribution in [0.5, 0.6) is 0 Å². The summed E-state index contributed by atoms with van der Waals surface area (Å²) in [7, 11) is 1.89. The van der Waals surface area contributed by atoms with Gasteiger partial charge in [-0.1, -0.05) is 0 Å². The molecule has 18 heavy (non-hydrogen) atoms. The van der Waals surface area contributed by atoms with Crippen LogP contribution in [0.2, 0.25) is 0 Å². The van der Waals surface area contributed by atoms with Crippen LogP contribution in [0.25, 0.3) is 11.0 Å². The summed E-state index contributed by atoms with van der Waals surface area (Å²) in [6.07, 6.45) is 0.948. The molecule has 1 unspecified atom stereocenters. The van der Waals surface area contributed by atoms with Crippen molar-refractivity contribution in [2.45, 2.75) is 6.42 Å². The van der Waals surface area contributed by atoms with Gasteiger partial charge >= 0.3 is 0 Å². The van der Waals surface area contributed by atoms with Crippen LogP contribution in [0.4, 0.5) is 11.4 Å². The number of hydrogen-bond acceptors (Lipinski definition) is 7. The van der Waals surface area contributed by atoms with Gasteiger partial charge in [-0.2, -0.15) is 5.23 Å². The van der Waals surface area contributed by atoms with Gasteiger partial charge in [-0.3, -0.25) is 0 Å². The normalized spacial score (nSPS) is 12.8. The number of rotatable bonds is 6. The number of quaternary nitrogens is 1. The molecule has 1 aromatic heterocycles. The fraction of sp³-hybridized carbons (Fsp3) is 0.400. The van der Waals surface area contributed by atoms with Crippen molar-refractivity contribution in [1.29, 1.82) is 0 Å². The Morgan fingerprint density at radius 1 is 1.33 bits per heavy atom. The van der Waals surface area contributed by atoms with E-state index in [9.17, 15) is 5.21 Å². The Hall–Kier alpha value is -1.74. The quantitative estimate of drug-likeness (QED) is 0.411. The van der Waals surface area contributed by atoms with E-state index in [-0.39, 0.29) is 11.2 Å². The molecule has 0 saturated heterocycles. The van der Waals surface area contributed by atoms with Crippen LogP contribution in [0.3, 0.4) is 0 Å². The van der Waals surface area contributed by atoms with Crippen molar-refractivity contribution in [3.8, 4) is 0 Å². The molecule has 1 heterocycles. The minimum absolute atomic E-state index is 0.0898. The summed E-state index contributed by atoms with van der Waals surface area (Å²) in [6, 6.07) is 3.17. The first kappa shape index (κ1) is 12.7. The van der Waals surface area contributed by atoms with E-state index in [1.165, 1.54) is 6.07 Å². The first-order chi connectivity index (χ1) is 8.74. The first-order valence-corrected chi connectivity index (χ1v) is 5.61. The molecule has 4 N–H and O–H groups in total. The zero-order valence-corrected chi connectivity index (χ0v) is 9.93. The van der Waals surface area contributed by atoms with Crippen molar-refractivity contribution in [2.24, 2.45) is 0 Å². The molecule has 8 heteroatoms. The molecular weight excluding hydrogens is 238 g/mol. The van der Waals surface area contributed by atoms with Gasteiger partial charge in [0.15, 0.2) is 11.2 Å². The molecule has 0 spiro atoms. The van der Waals surface area contributed by atoms with E-state index in [0.29, 0.717) is 5.52 Å². The predicted octanol–water partition coefficient (Wildman–Crippen LogP) is -0.352. The fourth-order valence-electron chi connectivity index (χ4n) is 1.67. The van der Waals surface area contributed by atoms with Crippen LogP contribution in [-0.2, 0) is 0 Å². The second-order valence-corrected chi connectivity index (χ2v) is 3.81. The summed E-state index contributed by atoms with van der Waals surface area (Å²) in [4.78, 5) is 0. The summed E-state index contributed by atoms with van der Waals surface area (Å²) >= 11 is 0. The number of nitrogens with zero attached hydrogens (tertiary/aromatic N) is 2. The molecule has 0 amide bonds. The summed E-state index contributed by atoms with van der Waals surface area (Å²) < 4.78 is 4.61. The van der Waals surface area contributed by atoms with E-state index in [0.717, 1.165) is 25.2 Å². The molecule has 2 aromatic rings. The molecule has 0 fully saturated rings. The minimum atomic E-state index is -1.04. The largest absolute Gasteiger partial charge is 0.595 e. The van der Waals surface area contributed by atoms with Crippen molar-refractivity contribution < 1.29 is 15.1 Å². The smallest absolute Gasteiger partial charge is 0.201 e. The summed E-state index contributed by atoms with van der Waals surface area (Å²) in [5.74, 6) is 0. The first-order valence-electron chi connectivity index (χ1n) is 5.61.